The van der Waals surface area contributed by atoms with Gasteiger partial charge >= 0.3 is 0 Å². The summed E-state index contributed by atoms with van der Waals surface area (Å²) in [4.78, 5) is 0. The van der Waals surface area contributed by atoms with Crippen LogP contribution in [-0.2, 0) is 6.42 Å². The predicted octanol–water partition coefficient (Wildman–Crippen LogP) is 4.43. The fraction of sp³-hybridized carbons (Fsp3) is 0.667. The lowest BCUT2D eigenvalue weighted by atomic mass is 9.92. The Balaban J connectivity index is 2.67. The van der Waals surface area contributed by atoms with Gasteiger partial charge in [-0.15, -0.1) is 0 Å². The van der Waals surface area contributed by atoms with Crippen LogP contribution >= 0.6 is 0 Å². The summed E-state index contributed by atoms with van der Waals surface area (Å²) in [6.07, 6.45) is 4.92. The summed E-state index contributed by atoms with van der Waals surface area (Å²) in [7, 11) is 1.76. The Morgan fingerprint density at radius 1 is 1.20 bits per heavy atom. The number of rotatable bonds is 8. The number of benzene rings is 1. The molecule has 1 atom stereocenters. The Bertz CT molecular complexity index is 381. The molecule has 2 nitrogen and oxygen atoms in total. The molecule has 0 saturated carbocycles. The average molecular weight is 277 g/mol. The monoisotopic (exact) mass is 277 g/mol. The molecule has 0 amide bonds. The summed E-state index contributed by atoms with van der Waals surface area (Å²) in [5.41, 5.74) is 1.51. The van der Waals surface area contributed by atoms with Crippen molar-refractivity contribution in [1.82, 2.24) is 5.32 Å². The first-order chi connectivity index (χ1) is 9.46. The van der Waals surface area contributed by atoms with E-state index in [1.807, 2.05) is 6.07 Å². The minimum absolute atomic E-state index is 0.186. The molecule has 1 N–H and O–H groups in total. The standard InChI is InChI=1S/C18H31NO/c1-6-7-10-15(14-19-18(2,3)4)13-16-11-8-9-12-17(16)20-5/h8-9,11-12,15,19H,6-7,10,13-14H2,1-5H3. The van der Waals surface area contributed by atoms with Crippen molar-refractivity contribution in [3.63, 3.8) is 0 Å². The van der Waals surface area contributed by atoms with Crippen LogP contribution in [0.3, 0.4) is 0 Å². The van der Waals surface area contributed by atoms with Gasteiger partial charge in [-0.3, -0.25) is 0 Å². The molecule has 0 saturated heterocycles. The van der Waals surface area contributed by atoms with Gasteiger partial charge in [-0.1, -0.05) is 38.0 Å². The zero-order valence-electron chi connectivity index (χ0n) is 13.8. The minimum atomic E-state index is 0.186. The lowest BCUT2D eigenvalue weighted by molar-refractivity contribution is 0.346. The molecule has 1 aromatic rings. The number of nitrogens with one attached hydrogen (secondary N) is 1. The smallest absolute Gasteiger partial charge is 0.122 e. The number of hydrogen-bond acceptors (Lipinski definition) is 2. The largest absolute Gasteiger partial charge is 0.496 e. The number of methoxy groups -OCH3 is 1. The maximum atomic E-state index is 5.48. The molecule has 0 bridgehead atoms. The van der Waals surface area contributed by atoms with Crippen molar-refractivity contribution in [2.75, 3.05) is 13.7 Å². The van der Waals surface area contributed by atoms with Crippen molar-refractivity contribution in [2.24, 2.45) is 5.92 Å². The van der Waals surface area contributed by atoms with Crippen LogP contribution in [0.25, 0.3) is 0 Å². The summed E-state index contributed by atoms with van der Waals surface area (Å²) < 4.78 is 5.48. The molecule has 0 aliphatic carbocycles. The van der Waals surface area contributed by atoms with E-state index in [-0.39, 0.29) is 5.54 Å². The van der Waals surface area contributed by atoms with E-state index in [2.05, 4.69) is 51.2 Å². The third-order valence-corrected chi connectivity index (χ3v) is 3.59. The highest BCUT2D eigenvalue weighted by Crippen LogP contribution is 2.23. The van der Waals surface area contributed by atoms with Crippen molar-refractivity contribution in [3.05, 3.63) is 29.8 Å². The van der Waals surface area contributed by atoms with Gasteiger partial charge in [0.1, 0.15) is 5.75 Å². The molecule has 114 valence electrons. The second-order valence-corrected chi connectivity index (χ2v) is 6.66. The molecular formula is C18H31NO. The minimum Gasteiger partial charge on any atom is -0.496 e. The van der Waals surface area contributed by atoms with Crippen LogP contribution in [-0.4, -0.2) is 19.2 Å². The Kier molecular flexibility index (Phi) is 7.08. The molecular weight excluding hydrogens is 246 g/mol. The van der Waals surface area contributed by atoms with Gasteiger partial charge in [-0.25, -0.2) is 0 Å². The molecule has 0 aromatic heterocycles. The van der Waals surface area contributed by atoms with Gasteiger partial charge in [0.2, 0.25) is 0 Å². The molecule has 1 rings (SSSR count). The summed E-state index contributed by atoms with van der Waals surface area (Å²) in [5, 5.41) is 3.65. The van der Waals surface area contributed by atoms with Crippen LogP contribution in [0.15, 0.2) is 24.3 Å². The highest BCUT2D eigenvalue weighted by Gasteiger charge is 2.16. The molecule has 2 heteroatoms. The Morgan fingerprint density at radius 2 is 1.90 bits per heavy atom. The summed E-state index contributed by atoms with van der Waals surface area (Å²) in [6.45, 7) is 10.0. The number of para-hydroxylation sites is 1. The van der Waals surface area contributed by atoms with Gasteiger partial charge in [-0.2, -0.15) is 0 Å². The maximum absolute atomic E-state index is 5.48. The lowest BCUT2D eigenvalue weighted by Crippen LogP contribution is -2.39. The fourth-order valence-corrected chi connectivity index (χ4v) is 2.40. The van der Waals surface area contributed by atoms with Gasteiger partial charge in [0.15, 0.2) is 0 Å². The van der Waals surface area contributed by atoms with Crippen LogP contribution in [0.5, 0.6) is 5.75 Å². The van der Waals surface area contributed by atoms with Gasteiger partial charge in [0.05, 0.1) is 7.11 Å². The zero-order valence-corrected chi connectivity index (χ0v) is 13.8. The third kappa shape index (κ3) is 6.42. The second kappa shape index (κ2) is 8.31. The van der Waals surface area contributed by atoms with Crippen molar-refractivity contribution in [3.8, 4) is 5.75 Å². The molecule has 0 fully saturated rings. The van der Waals surface area contributed by atoms with Crippen molar-refractivity contribution < 1.29 is 4.74 Å². The van der Waals surface area contributed by atoms with E-state index < -0.39 is 0 Å². The van der Waals surface area contributed by atoms with E-state index >= 15 is 0 Å². The molecule has 0 spiro atoms. The number of unbranched alkanes of at least 4 members (excludes halogenated alkanes) is 1. The summed E-state index contributed by atoms with van der Waals surface area (Å²) in [6, 6.07) is 8.39. The number of ether oxygens (including phenoxy) is 1. The van der Waals surface area contributed by atoms with E-state index in [4.69, 9.17) is 4.74 Å². The maximum Gasteiger partial charge on any atom is 0.122 e. The fourth-order valence-electron chi connectivity index (χ4n) is 2.40. The molecule has 0 heterocycles. The van der Waals surface area contributed by atoms with Crippen molar-refractivity contribution in [1.29, 1.82) is 0 Å². The lowest BCUT2D eigenvalue weighted by Gasteiger charge is -2.26. The van der Waals surface area contributed by atoms with Crippen LogP contribution < -0.4 is 10.1 Å². The van der Waals surface area contributed by atoms with Crippen LogP contribution in [0.1, 0.15) is 52.5 Å². The third-order valence-electron chi connectivity index (χ3n) is 3.59. The van der Waals surface area contributed by atoms with Crippen LogP contribution in [0.4, 0.5) is 0 Å². The molecule has 0 radical (unpaired) electrons. The molecule has 0 aliphatic heterocycles. The highest BCUT2D eigenvalue weighted by atomic mass is 16.5. The van der Waals surface area contributed by atoms with E-state index in [0.29, 0.717) is 5.92 Å². The molecule has 1 unspecified atom stereocenters. The normalized spacial score (nSPS) is 13.2. The van der Waals surface area contributed by atoms with Crippen molar-refractivity contribution in [2.45, 2.75) is 58.9 Å². The van der Waals surface area contributed by atoms with E-state index in [1.165, 1.54) is 24.8 Å². The molecule has 0 aliphatic rings. The Morgan fingerprint density at radius 3 is 2.50 bits per heavy atom. The summed E-state index contributed by atoms with van der Waals surface area (Å²) in [5.74, 6) is 1.69. The SMILES string of the molecule is CCCCC(CNC(C)(C)C)Cc1ccccc1OC. The Hall–Kier alpha value is -1.02. The quantitative estimate of drug-likeness (QED) is 0.759. The summed E-state index contributed by atoms with van der Waals surface area (Å²) >= 11 is 0. The Labute approximate surface area is 124 Å². The van der Waals surface area contributed by atoms with E-state index in [1.54, 1.807) is 7.11 Å². The predicted molar refractivity (Wildman–Crippen MR) is 87.5 cm³/mol. The van der Waals surface area contributed by atoms with Crippen LogP contribution in [0, 0.1) is 5.92 Å². The second-order valence-electron chi connectivity index (χ2n) is 6.66. The van der Waals surface area contributed by atoms with Gasteiger partial charge in [0, 0.05) is 5.54 Å². The first-order valence-corrected chi connectivity index (χ1v) is 7.83. The first kappa shape index (κ1) is 17.0. The number of hydrogen-bond donors (Lipinski definition) is 1. The highest BCUT2D eigenvalue weighted by molar-refractivity contribution is 5.33. The topological polar surface area (TPSA) is 21.3 Å². The zero-order chi connectivity index (χ0) is 15.0. The first-order valence-electron chi connectivity index (χ1n) is 7.83. The average Bonchev–Trinajstić information content (AvgIpc) is 2.41. The van der Waals surface area contributed by atoms with Gasteiger partial charge in [-0.05, 0) is 57.7 Å². The van der Waals surface area contributed by atoms with E-state index in [9.17, 15) is 0 Å². The molecule has 20 heavy (non-hydrogen) atoms. The van der Waals surface area contributed by atoms with E-state index in [0.717, 1.165) is 18.7 Å². The van der Waals surface area contributed by atoms with Gasteiger partial charge < -0.3 is 10.1 Å². The van der Waals surface area contributed by atoms with Crippen LogP contribution in [0.2, 0.25) is 0 Å². The molecule has 1 aromatic carbocycles. The van der Waals surface area contributed by atoms with Crippen molar-refractivity contribution >= 4 is 0 Å². The van der Waals surface area contributed by atoms with Gasteiger partial charge in [0.25, 0.3) is 0 Å².